The van der Waals surface area contributed by atoms with Gasteiger partial charge in [-0.1, -0.05) is 6.07 Å². The first kappa shape index (κ1) is 16.4. The van der Waals surface area contributed by atoms with Gasteiger partial charge in [0, 0.05) is 9.13 Å². The van der Waals surface area contributed by atoms with Gasteiger partial charge in [-0.3, -0.25) is 4.79 Å². The van der Waals surface area contributed by atoms with Gasteiger partial charge in [0.2, 0.25) is 0 Å². The molecule has 2 aromatic rings. The second-order valence-electron chi connectivity index (χ2n) is 4.36. The fourth-order valence-corrected chi connectivity index (χ4v) is 2.30. The van der Waals surface area contributed by atoms with Gasteiger partial charge in [-0.2, -0.15) is 0 Å². The Labute approximate surface area is 140 Å². The summed E-state index contributed by atoms with van der Waals surface area (Å²) in [7, 11) is 1.34. The molecular formula is C16H12FIO4. The number of hydrogen-bond acceptors (Lipinski definition) is 4. The molecule has 114 valence electrons. The second-order valence-corrected chi connectivity index (χ2v) is 5.60. The van der Waals surface area contributed by atoms with Crippen LogP contribution in [0.15, 0.2) is 42.5 Å². The van der Waals surface area contributed by atoms with Crippen molar-refractivity contribution in [1.82, 2.24) is 0 Å². The lowest BCUT2D eigenvalue weighted by Crippen LogP contribution is -2.14. The van der Waals surface area contributed by atoms with Gasteiger partial charge in [0.25, 0.3) is 0 Å². The highest BCUT2D eigenvalue weighted by Gasteiger charge is 2.14. The molecule has 0 spiro atoms. The third kappa shape index (κ3) is 4.03. The maximum atomic E-state index is 13.5. The standard InChI is InChI=1S/C16H12FIO4/c1-21-15-6-5-10(8-13(15)17)14(19)9-22-16(20)11-3-2-4-12(18)7-11/h2-8H,9H2,1H3. The normalized spacial score (nSPS) is 10.1. The van der Waals surface area contributed by atoms with Gasteiger partial charge in [-0.25, -0.2) is 9.18 Å². The van der Waals surface area contributed by atoms with Crippen LogP contribution in [0.4, 0.5) is 4.39 Å². The largest absolute Gasteiger partial charge is 0.494 e. The summed E-state index contributed by atoms with van der Waals surface area (Å²) in [4.78, 5) is 23.7. The van der Waals surface area contributed by atoms with Crippen LogP contribution >= 0.6 is 22.6 Å². The van der Waals surface area contributed by atoms with Crippen molar-refractivity contribution in [3.05, 3.63) is 63.0 Å². The van der Waals surface area contributed by atoms with Gasteiger partial charge in [0.1, 0.15) is 0 Å². The molecule has 0 amide bonds. The Morgan fingerprint density at radius 2 is 1.91 bits per heavy atom. The van der Waals surface area contributed by atoms with Crippen LogP contribution in [0.1, 0.15) is 20.7 Å². The van der Waals surface area contributed by atoms with E-state index < -0.39 is 24.2 Å². The molecule has 0 aromatic heterocycles. The van der Waals surface area contributed by atoms with Crippen molar-refractivity contribution in [2.24, 2.45) is 0 Å². The Balaban J connectivity index is 2.00. The van der Waals surface area contributed by atoms with Crippen LogP contribution in [0.3, 0.4) is 0 Å². The van der Waals surface area contributed by atoms with Crippen molar-refractivity contribution in [2.75, 3.05) is 13.7 Å². The molecule has 2 rings (SSSR count). The average molecular weight is 414 g/mol. The lowest BCUT2D eigenvalue weighted by Gasteiger charge is -2.06. The molecule has 0 atom stereocenters. The number of esters is 1. The van der Waals surface area contributed by atoms with Crippen LogP contribution in [0.5, 0.6) is 5.75 Å². The van der Waals surface area contributed by atoms with Crippen molar-refractivity contribution in [2.45, 2.75) is 0 Å². The van der Waals surface area contributed by atoms with E-state index in [1.165, 1.54) is 19.2 Å². The number of ether oxygens (including phenoxy) is 2. The minimum Gasteiger partial charge on any atom is -0.494 e. The minimum absolute atomic E-state index is 0.0485. The molecular weight excluding hydrogens is 402 g/mol. The molecule has 0 saturated carbocycles. The number of halogens is 2. The molecule has 0 N–H and O–H groups in total. The van der Waals surface area contributed by atoms with E-state index in [2.05, 4.69) is 22.6 Å². The number of methoxy groups -OCH3 is 1. The molecule has 0 saturated heterocycles. The van der Waals surface area contributed by atoms with E-state index in [1.807, 2.05) is 6.07 Å². The van der Waals surface area contributed by atoms with E-state index >= 15 is 0 Å². The number of ketones is 1. The summed E-state index contributed by atoms with van der Waals surface area (Å²) in [5.74, 6) is -1.67. The third-order valence-corrected chi connectivity index (χ3v) is 3.54. The van der Waals surface area contributed by atoms with Crippen molar-refractivity contribution in [3.8, 4) is 5.75 Å². The van der Waals surface area contributed by atoms with Gasteiger partial charge in [0.05, 0.1) is 12.7 Å². The topological polar surface area (TPSA) is 52.6 Å². The summed E-state index contributed by atoms with van der Waals surface area (Å²) in [5, 5.41) is 0. The molecule has 0 aliphatic heterocycles. The molecule has 0 aliphatic rings. The fourth-order valence-electron chi connectivity index (χ4n) is 1.75. The smallest absolute Gasteiger partial charge is 0.338 e. The number of benzene rings is 2. The van der Waals surface area contributed by atoms with E-state index in [9.17, 15) is 14.0 Å². The van der Waals surface area contributed by atoms with Gasteiger partial charge in [-0.05, 0) is 59.0 Å². The van der Waals surface area contributed by atoms with Crippen LogP contribution in [0.2, 0.25) is 0 Å². The quantitative estimate of drug-likeness (QED) is 0.427. The maximum Gasteiger partial charge on any atom is 0.338 e. The third-order valence-electron chi connectivity index (χ3n) is 2.87. The Bertz CT molecular complexity index is 715. The Morgan fingerprint density at radius 3 is 2.55 bits per heavy atom. The Morgan fingerprint density at radius 1 is 1.14 bits per heavy atom. The average Bonchev–Trinajstić information content (AvgIpc) is 2.52. The lowest BCUT2D eigenvalue weighted by molar-refractivity contribution is 0.0474. The molecule has 0 aliphatic carbocycles. The molecule has 0 unspecified atom stereocenters. The predicted octanol–water partition coefficient (Wildman–Crippen LogP) is 3.48. The van der Waals surface area contributed by atoms with Gasteiger partial charge in [-0.15, -0.1) is 0 Å². The maximum absolute atomic E-state index is 13.5. The van der Waals surface area contributed by atoms with Crippen LogP contribution < -0.4 is 4.74 Å². The van der Waals surface area contributed by atoms with Crippen molar-refractivity contribution >= 4 is 34.3 Å². The number of hydrogen-bond donors (Lipinski definition) is 0. The van der Waals surface area contributed by atoms with Crippen molar-refractivity contribution < 1.29 is 23.5 Å². The first-order valence-electron chi connectivity index (χ1n) is 6.30. The number of rotatable bonds is 5. The molecule has 22 heavy (non-hydrogen) atoms. The van der Waals surface area contributed by atoms with E-state index in [1.54, 1.807) is 18.2 Å². The van der Waals surface area contributed by atoms with Crippen LogP contribution in [0.25, 0.3) is 0 Å². The van der Waals surface area contributed by atoms with E-state index in [0.29, 0.717) is 5.56 Å². The van der Waals surface area contributed by atoms with Crippen LogP contribution in [0, 0.1) is 9.39 Å². The summed E-state index contributed by atoms with van der Waals surface area (Å²) >= 11 is 2.07. The summed E-state index contributed by atoms with van der Waals surface area (Å²) in [6.07, 6.45) is 0. The van der Waals surface area contributed by atoms with Gasteiger partial charge < -0.3 is 9.47 Å². The Hall–Kier alpha value is -1.96. The monoisotopic (exact) mass is 414 g/mol. The number of carbonyl (C=O) groups is 2. The predicted molar refractivity (Wildman–Crippen MR) is 86.7 cm³/mol. The fraction of sp³-hybridized carbons (Fsp3) is 0.125. The number of carbonyl (C=O) groups excluding carboxylic acids is 2. The molecule has 0 fully saturated rings. The van der Waals surface area contributed by atoms with Crippen LogP contribution in [-0.2, 0) is 4.74 Å². The molecule has 6 heteroatoms. The molecule has 0 bridgehead atoms. The highest BCUT2D eigenvalue weighted by Crippen LogP contribution is 2.18. The summed E-state index contributed by atoms with van der Waals surface area (Å²) < 4.78 is 24.1. The highest BCUT2D eigenvalue weighted by molar-refractivity contribution is 14.1. The lowest BCUT2D eigenvalue weighted by atomic mass is 10.1. The van der Waals surface area contributed by atoms with E-state index in [-0.39, 0.29) is 11.3 Å². The summed E-state index contributed by atoms with van der Waals surface area (Å²) in [6.45, 7) is -0.448. The summed E-state index contributed by atoms with van der Waals surface area (Å²) in [5.41, 5.74) is 0.481. The SMILES string of the molecule is COc1ccc(C(=O)COC(=O)c2cccc(I)c2)cc1F. The first-order chi connectivity index (χ1) is 10.5. The Kier molecular flexibility index (Phi) is 5.48. The zero-order valence-electron chi connectivity index (χ0n) is 11.6. The zero-order chi connectivity index (χ0) is 16.1. The minimum atomic E-state index is -0.641. The molecule has 0 heterocycles. The second kappa shape index (κ2) is 7.35. The highest BCUT2D eigenvalue weighted by atomic mass is 127. The van der Waals surface area contributed by atoms with E-state index in [0.717, 1.165) is 9.64 Å². The van der Waals surface area contributed by atoms with Crippen LogP contribution in [-0.4, -0.2) is 25.5 Å². The van der Waals surface area contributed by atoms with E-state index in [4.69, 9.17) is 9.47 Å². The summed E-state index contributed by atoms with van der Waals surface area (Å²) in [6, 6.07) is 10.6. The molecule has 2 aromatic carbocycles. The van der Waals surface area contributed by atoms with Gasteiger partial charge >= 0.3 is 5.97 Å². The molecule has 4 nitrogen and oxygen atoms in total. The van der Waals surface area contributed by atoms with Crippen molar-refractivity contribution in [3.63, 3.8) is 0 Å². The zero-order valence-corrected chi connectivity index (χ0v) is 13.8. The van der Waals surface area contributed by atoms with Crippen molar-refractivity contribution in [1.29, 1.82) is 0 Å². The molecule has 0 radical (unpaired) electrons. The first-order valence-corrected chi connectivity index (χ1v) is 7.38. The van der Waals surface area contributed by atoms with Gasteiger partial charge in [0.15, 0.2) is 24.0 Å². The number of Topliss-reactive ketones (excluding diaryl/α,β-unsaturated/α-hetero) is 1.